The molecular weight excluding hydrogens is 370 g/mol. The highest BCUT2D eigenvalue weighted by Crippen LogP contribution is 2.29. The first kappa shape index (κ1) is 20.7. The normalized spacial score (nSPS) is 14.4. The molecule has 0 aromatic heterocycles. The van der Waals surface area contributed by atoms with Gasteiger partial charge in [0.05, 0.1) is 31.2 Å². The maximum Gasteiger partial charge on any atom is 0.337 e. The molecule has 2 aromatic rings. The molecule has 2 aromatic carbocycles. The third-order valence-electron chi connectivity index (χ3n) is 5.18. The van der Waals surface area contributed by atoms with Gasteiger partial charge in [0.15, 0.2) is 0 Å². The van der Waals surface area contributed by atoms with Crippen LogP contribution in [0.25, 0.3) is 0 Å². The number of esters is 1. The van der Waals surface area contributed by atoms with Gasteiger partial charge in [0.25, 0.3) is 5.91 Å². The highest BCUT2D eigenvalue weighted by atomic mass is 16.5. The van der Waals surface area contributed by atoms with Gasteiger partial charge in [0.2, 0.25) is 0 Å². The molecule has 1 aliphatic rings. The van der Waals surface area contributed by atoms with Gasteiger partial charge in [-0.15, -0.1) is 0 Å². The summed E-state index contributed by atoms with van der Waals surface area (Å²) in [4.78, 5) is 29.4. The Bertz CT molecular complexity index is 859. The molecule has 154 valence electrons. The highest BCUT2D eigenvalue weighted by Gasteiger charge is 2.21. The average Bonchev–Trinajstić information content (AvgIpc) is 2.78. The molecule has 0 radical (unpaired) electrons. The van der Waals surface area contributed by atoms with Crippen LogP contribution in [0.3, 0.4) is 0 Å². The number of amides is 1. The molecule has 1 aliphatic heterocycles. The quantitative estimate of drug-likeness (QED) is 0.756. The maximum atomic E-state index is 12.8. The van der Waals surface area contributed by atoms with Gasteiger partial charge in [0, 0.05) is 31.7 Å². The molecule has 1 fully saturated rings. The van der Waals surface area contributed by atoms with Crippen molar-refractivity contribution in [2.24, 2.45) is 0 Å². The van der Waals surface area contributed by atoms with Crippen molar-refractivity contribution in [3.05, 3.63) is 53.6 Å². The Kier molecular flexibility index (Phi) is 6.72. The second kappa shape index (κ2) is 9.43. The van der Waals surface area contributed by atoms with Crippen molar-refractivity contribution in [2.45, 2.75) is 6.92 Å². The first-order valence-corrected chi connectivity index (χ1v) is 9.70. The molecule has 7 heteroatoms. The lowest BCUT2D eigenvalue weighted by Gasteiger charge is -2.36. The molecule has 0 aliphatic carbocycles. The Hall–Kier alpha value is -3.06. The molecule has 1 saturated heterocycles. The van der Waals surface area contributed by atoms with Gasteiger partial charge < -0.3 is 24.6 Å². The molecule has 0 atom stereocenters. The zero-order chi connectivity index (χ0) is 20.8. The Morgan fingerprint density at radius 1 is 0.966 bits per heavy atom. The number of ether oxygens (including phenoxy) is 2. The highest BCUT2D eigenvalue weighted by molar-refractivity contribution is 6.07. The SMILES string of the molecule is CCN1CCN(c2ccc(C(=O)OC)cc2NC(=O)c2ccc(OC)cc2)CC1. The molecule has 0 unspecified atom stereocenters. The monoisotopic (exact) mass is 397 g/mol. The lowest BCUT2D eigenvalue weighted by molar-refractivity contribution is 0.0600. The number of hydrogen-bond acceptors (Lipinski definition) is 6. The van der Waals surface area contributed by atoms with E-state index in [-0.39, 0.29) is 5.91 Å². The van der Waals surface area contributed by atoms with Crippen molar-refractivity contribution in [1.82, 2.24) is 4.90 Å². The molecule has 29 heavy (non-hydrogen) atoms. The van der Waals surface area contributed by atoms with E-state index < -0.39 is 5.97 Å². The summed E-state index contributed by atoms with van der Waals surface area (Å²) >= 11 is 0. The van der Waals surface area contributed by atoms with Crippen LogP contribution < -0.4 is 15.0 Å². The van der Waals surface area contributed by atoms with Crippen LogP contribution in [0.1, 0.15) is 27.6 Å². The van der Waals surface area contributed by atoms with Crippen molar-refractivity contribution in [2.75, 3.05) is 57.2 Å². The first-order chi connectivity index (χ1) is 14.0. The second-order valence-electron chi connectivity index (χ2n) is 6.83. The van der Waals surface area contributed by atoms with Crippen molar-refractivity contribution in [1.29, 1.82) is 0 Å². The van der Waals surface area contributed by atoms with Gasteiger partial charge in [0.1, 0.15) is 5.75 Å². The van der Waals surface area contributed by atoms with E-state index in [9.17, 15) is 9.59 Å². The summed E-state index contributed by atoms with van der Waals surface area (Å²) < 4.78 is 9.98. The van der Waals surface area contributed by atoms with Crippen LogP contribution >= 0.6 is 0 Å². The fourth-order valence-electron chi connectivity index (χ4n) is 3.40. The molecule has 7 nitrogen and oxygen atoms in total. The minimum Gasteiger partial charge on any atom is -0.497 e. The van der Waals surface area contributed by atoms with Crippen LogP contribution in [-0.2, 0) is 4.74 Å². The Balaban J connectivity index is 1.86. The maximum absolute atomic E-state index is 12.8. The van der Waals surface area contributed by atoms with Crippen LogP contribution in [0.5, 0.6) is 5.75 Å². The van der Waals surface area contributed by atoms with Crippen LogP contribution in [-0.4, -0.2) is 63.7 Å². The first-order valence-electron chi connectivity index (χ1n) is 9.70. The van der Waals surface area contributed by atoms with E-state index in [0.717, 1.165) is 38.4 Å². The van der Waals surface area contributed by atoms with Gasteiger partial charge in [-0.05, 0) is 49.0 Å². The predicted molar refractivity (Wildman–Crippen MR) is 113 cm³/mol. The zero-order valence-corrected chi connectivity index (χ0v) is 17.1. The Labute approximate surface area is 171 Å². The molecule has 3 rings (SSSR count). The summed E-state index contributed by atoms with van der Waals surface area (Å²) in [5.74, 6) is -0.000801. The molecular formula is C22H27N3O4. The van der Waals surface area contributed by atoms with E-state index in [1.54, 1.807) is 43.5 Å². The summed E-state index contributed by atoms with van der Waals surface area (Å²) in [7, 11) is 2.92. The van der Waals surface area contributed by atoms with E-state index in [1.165, 1.54) is 7.11 Å². The largest absolute Gasteiger partial charge is 0.497 e. The summed E-state index contributed by atoms with van der Waals surface area (Å²) in [5.41, 5.74) is 2.40. The van der Waals surface area contributed by atoms with Gasteiger partial charge in [-0.3, -0.25) is 4.79 Å². The van der Waals surface area contributed by atoms with Crippen molar-refractivity contribution < 1.29 is 19.1 Å². The number of anilines is 2. The third kappa shape index (κ3) is 4.86. The molecule has 1 amide bonds. The smallest absolute Gasteiger partial charge is 0.337 e. The number of nitrogens with one attached hydrogen (secondary N) is 1. The Morgan fingerprint density at radius 2 is 1.62 bits per heavy atom. The van der Waals surface area contributed by atoms with Crippen LogP contribution in [0.4, 0.5) is 11.4 Å². The second-order valence-corrected chi connectivity index (χ2v) is 6.83. The summed E-state index contributed by atoms with van der Waals surface area (Å²) in [5, 5.41) is 2.96. The van der Waals surface area contributed by atoms with E-state index in [4.69, 9.17) is 9.47 Å². The number of carbonyl (C=O) groups excluding carboxylic acids is 2. The molecule has 0 bridgehead atoms. The third-order valence-corrected chi connectivity index (χ3v) is 5.18. The van der Waals surface area contributed by atoms with Gasteiger partial charge in [-0.1, -0.05) is 6.92 Å². The molecule has 0 spiro atoms. The molecule has 0 saturated carbocycles. The fraction of sp³-hybridized carbons (Fsp3) is 0.364. The number of hydrogen-bond donors (Lipinski definition) is 1. The lowest BCUT2D eigenvalue weighted by atomic mass is 10.1. The topological polar surface area (TPSA) is 71.1 Å². The van der Waals surface area contributed by atoms with Crippen molar-refractivity contribution in [3.8, 4) is 5.75 Å². The zero-order valence-electron chi connectivity index (χ0n) is 17.1. The van der Waals surface area contributed by atoms with E-state index in [1.807, 2.05) is 6.07 Å². The van der Waals surface area contributed by atoms with Crippen LogP contribution in [0, 0.1) is 0 Å². The number of methoxy groups -OCH3 is 2. The Morgan fingerprint density at radius 3 is 2.21 bits per heavy atom. The van der Waals surface area contributed by atoms with Gasteiger partial charge in [-0.2, -0.15) is 0 Å². The summed E-state index contributed by atoms with van der Waals surface area (Å²) in [6.45, 7) is 6.81. The fourth-order valence-corrected chi connectivity index (χ4v) is 3.40. The van der Waals surface area contributed by atoms with Crippen LogP contribution in [0.2, 0.25) is 0 Å². The average molecular weight is 397 g/mol. The van der Waals surface area contributed by atoms with Crippen LogP contribution in [0.15, 0.2) is 42.5 Å². The minimum atomic E-state index is -0.438. The lowest BCUT2D eigenvalue weighted by Crippen LogP contribution is -2.46. The van der Waals surface area contributed by atoms with E-state index in [0.29, 0.717) is 22.6 Å². The standard InChI is InChI=1S/C22H27N3O4/c1-4-24-11-13-25(14-12-24)20-10-7-17(22(27)29-3)15-19(20)23-21(26)16-5-8-18(28-2)9-6-16/h5-10,15H,4,11-14H2,1-3H3,(H,23,26). The molecule has 1 heterocycles. The minimum absolute atomic E-state index is 0.247. The number of nitrogens with zero attached hydrogens (tertiary/aromatic N) is 2. The number of likely N-dealkylation sites (N-methyl/N-ethyl adjacent to an activating group) is 1. The number of piperazine rings is 1. The van der Waals surface area contributed by atoms with Gasteiger partial charge >= 0.3 is 5.97 Å². The van der Waals surface area contributed by atoms with Crippen molar-refractivity contribution >= 4 is 23.3 Å². The predicted octanol–water partition coefficient (Wildman–Crippen LogP) is 2.88. The summed E-state index contributed by atoms with van der Waals surface area (Å²) in [6.07, 6.45) is 0. The number of carbonyl (C=O) groups is 2. The number of rotatable bonds is 6. The van der Waals surface area contributed by atoms with E-state index in [2.05, 4.69) is 22.0 Å². The van der Waals surface area contributed by atoms with E-state index >= 15 is 0 Å². The van der Waals surface area contributed by atoms with Gasteiger partial charge in [-0.25, -0.2) is 4.79 Å². The summed E-state index contributed by atoms with van der Waals surface area (Å²) in [6, 6.07) is 12.2. The van der Waals surface area contributed by atoms with Crippen molar-refractivity contribution in [3.63, 3.8) is 0 Å². The number of benzene rings is 2. The molecule has 1 N–H and O–H groups in total.